The fourth-order valence-corrected chi connectivity index (χ4v) is 5.07. The van der Waals surface area contributed by atoms with Gasteiger partial charge < -0.3 is 10.2 Å². The van der Waals surface area contributed by atoms with Crippen molar-refractivity contribution in [1.82, 2.24) is 4.90 Å². The van der Waals surface area contributed by atoms with Gasteiger partial charge in [0.05, 0.1) is 4.90 Å². The van der Waals surface area contributed by atoms with Gasteiger partial charge in [-0.15, -0.1) is 15.7 Å². The maximum atomic E-state index is 12.5. The molecule has 6 nitrogen and oxygen atoms in total. The Kier molecular flexibility index (Phi) is 5.26. The molecule has 1 N–H and O–H groups in total. The highest BCUT2D eigenvalue weighted by Crippen LogP contribution is 2.25. The average molecular weight is 442 g/mol. The highest BCUT2D eigenvalue weighted by Gasteiger charge is 2.21. The second-order valence-corrected chi connectivity index (χ2v) is 8.96. The number of hydrogen-bond acceptors (Lipinski definition) is 4. The molecule has 132 valence electrons. The standard InChI is InChI=1S/C16H16BrN3O3S2/c1-20-8-3-6-14(20)19-25(22,23)12-5-2-4-11(10-12)18-16(21)15-13(17)7-9-24-15/h2,4-5,7,9-10H,3,6,8H2,1H3,(H,18,21)/b19-14+. The predicted octanol–water partition coefficient (Wildman–Crippen LogP) is 3.58. The number of carbonyl (C=O) groups is 1. The lowest BCUT2D eigenvalue weighted by atomic mass is 10.3. The Hall–Kier alpha value is -1.71. The first-order valence-corrected chi connectivity index (χ1v) is 10.7. The molecule has 25 heavy (non-hydrogen) atoms. The van der Waals surface area contributed by atoms with Crippen LogP contribution < -0.4 is 5.32 Å². The van der Waals surface area contributed by atoms with Gasteiger partial charge in [-0.05, 0) is 52.0 Å². The topological polar surface area (TPSA) is 78.8 Å². The number of amides is 1. The van der Waals surface area contributed by atoms with Crippen LogP contribution in [0.3, 0.4) is 0 Å². The molecule has 0 radical (unpaired) electrons. The number of rotatable bonds is 4. The summed E-state index contributed by atoms with van der Waals surface area (Å²) in [5.74, 6) is 0.273. The Morgan fingerprint density at radius 3 is 2.80 bits per heavy atom. The highest BCUT2D eigenvalue weighted by atomic mass is 79.9. The van der Waals surface area contributed by atoms with Crippen molar-refractivity contribution in [3.05, 3.63) is 45.1 Å². The van der Waals surface area contributed by atoms with Gasteiger partial charge in [0.2, 0.25) is 0 Å². The zero-order chi connectivity index (χ0) is 18.0. The number of amidine groups is 1. The van der Waals surface area contributed by atoms with E-state index in [-0.39, 0.29) is 10.8 Å². The number of thiophene rings is 1. The summed E-state index contributed by atoms with van der Waals surface area (Å²) >= 11 is 4.62. The Balaban J connectivity index is 1.84. The summed E-state index contributed by atoms with van der Waals surface area (Å²) < 4.78 is 29.7. The Morgan fingerprint density at radius 1 is 1.36 bits per heavy atom. The number of anilines is 1. The second-order valence-electron chi connectivity index (χ2n) is 5.59. The lowest BCUT2D eigenvalue weighted by molar-refractivity contribution is 0.103. The minimum absolute atomic E-state index is 0.0587. The number of benzene rings is 1. The number of hydrogen-bond donors (Lipinski definition) is 1. The van der Waals surface area contributed by atoms with E-state index in [1.807, 2.05) is 11.9 Å². The van der Waals surface area contributed by atoms with Gasteiger partial charge in [0.15, 0.2) is 0 Å². The number of nitrogens with one attached hydrogen (secondary N) is 1. The molecule has 0 spiro atoms. The lowest BCUT2D eigenvalue weighted by Gasteiger charge is -2.11. The van der Waals surface area contributed by atoms with Crippen LogP contribution in [-0.2, 0) is 10.0 Å². The summed E-state index contributed by atoms with van der Waals surface area (Å²) in [5.41, 5.74) is 0.409. The first-order chi connectivity index (χ1) is 11.9. The Morgan fingerprint density at radius 2 is 2.16 bits per heavy atom. The van der Waals surface area contributed by atoms with Crippen LogP contribution in [0.2, 0.25) is 0 Å². The zero-order valence-corrected chi connectivity index (χ0v) is 16.6. The molecule has 2 heterocycles. The first kappa shape index (κ1) is 18.1. The first-order valence-electron chi connectivity index (χ1n) is 7.56. The smallest absolute Gasteiger partial charge is 0.284 e. The molecule has 0 bridgehead atoms. The van der Waals surface area contributed by atoms with Crippen molar-refractivity contribution in [1.29, 1.82) is 0 Å². The molecule has 2 aromatic rings. The van der Waals surface area contributed by atoms with Crippen LogP contribution in [0, 0.1) is 0 Å². The largest absolute Gasteiger partial charge is 0.362 e. The number of carbonyl (C=O) groups excluding carboxylic acids is 1. The summed E-state index contributed by atoms with van der Waals surface area (Å²) in [7, 11) is -1.98. The number of sulfonamides is 1. The summed E-state index contributed by atoms with van der Waals surface area (Å²) in [4.78, 5) is 14.7. The van der Waals surface area contributed by atoms with E-state index in [4.69, 9.17) is 0 Å². The van der Waals surface area contributed by atoms with Gasteiger partial charge >= 0.3 is 0 Å². The van der Waals surface area contributed by atoms with Crippen molar-refractivity contribution in [2.75, 3.05) is 18.9 Å². The number of likely N-dealkylation sites (tertiary alicyclic amines) is 1. The van der Waals surface area contributed by atoms with Crippen LogP contribution in [-0.4, -0.2) is 38.7 Å². The van der Waals surface area contributed by atoms with E-state index < -0.39 is 10.0 Å². The SMILES string of the molecule is CN1CCC/C1=N\S(=O)(=O)c1cccc(NC(=O)c2sccc2Br)c1. The zero-order valence-electron chi connectivity index (χ0n) is 13.4. The van der Waals surface area contributed by atoms with E-state index >= 15 is 0 Å². The summed E-state index contributed by atoms with van der Waals surface area (Å²) in [5, 5.41) is 4.52. The van der Waals surface area contributed by atoms with Gasteiger partial charge in [-0.1, -0.05) is 6.07 Å². The molecule has 1 aromatic heterocycles. The van der Waals surface area contributed by atoms with Crippen LogP contribution in [0.5, 0.6) is 0 Å². The Bertz CT molecular complexity index is 938. The molecule has 1 aliphatic heterocycles. The molecule has 0 atom stereocenters. The van der Waals surface area contributed by atoms with Crippen LogP contribution in [0.25, 0.3) is 0 Å². The molecular formula is C16H16BrN3O3S2. The van der Waals surface area contributed by atoms with Crippen molar-refractivity contribution in [3.8, 4) is 0 Å². The normalized spacial score (nSPS) is 16.4. The number of nitrogens with zero attached hydrogens (tertiary/aromatic N) is 2. The lowest BCUT2D eigenvalue weighted by Crippen LogP contribution is -2.20. The minimum atomic E-state index is -3.81. The van der Waals surface area contributed by atoms with Crippen LogP contribution in [0.4, 0.5) is 5.69 Å². The van der Waals surface area contributed by atoms with Crippen LogP contribution in [0.1, 0.15) is 22.5 Å². The molecule has 1 aliphatic rings. The molecule has 1 saturated heterocycles. The van der Waals surface area contributed by atoms with Crippen molar-refractivity contribution in [3.63, 3.8) is 0 Å². The quantitative estimate of drug-likeness (QED) is 0.785. The van der Waals surface area contributed by atoms with Crippen molar-refractivity contribution in [2.45, 2.75) is 17.7 Å². The highest BCUT2D eigenvalue weighted by molar-refractivity contribution is 9.10. The van der Waals surface area contributed by atoms with E-state index in [9.17, 15) is 13.2 Å². The molecule has 9 heteroatoms. The van der Waals surface area contributed by atoms with Gasteiger partial charge in [-0.2, -0.15) is 8.42 Å². The maximum absolute atomic E-state index is 12.5. The van der Waals surface area contributed by atoms with Crippen LogP contribution in [0.15, 0.2) is 49.5 Å². The third-order valence-corrected chi connectivity index (χ3v) is 6.91. The van der Waals surface area contributed by atoms with Gasteiger partial charge in [-0.25, -0.2) is 0 Å². The number of halogens is 1. The maximum Gasteiger partial charge on any atom is 0.284 e. The van der Waals surface area contributed by atoms with Crippen LogP contribution >= 0.6 is 27.3 Å². The Labute approximate surface area is 158 Å². The third kappa shape index (κ3) is 4.10. The van der Waals surface area contributed by atoms with Crippen molar-refractivity contribution in [2.24, 2.45) is 4.40 Å². The van der Waals surface area contributed by atoms with Gasteiger partial charge in [0.25, 0.3) is 15.9 Å². The van der Waals surface area contributed by atoms with E-state index in [1.165, 1.54) is 23.5 Å². The molecule has 1 fully saturated rings. The minimum Gasteiger partial charge on any atom is -0.362 e. The monoisotopic (exact) mass is 441 g/mol. The van der Waals surface area contributed by atoms with Crippen molar-refractivity contribution >= 4 is 54.7 Å². The summed E-state index contributed by atoms with van der Waals surface area (Å²) in [6.45, 7) is 0.806. The van der Waals surface area contributed by atoms with E-state index in [2.05, 4.69) is 25.6 Å². The van der Waals surface area contributed by atoms with E-state index in [1.54, 1.807) is 23.6 Å². The van der Waals surface area contributed by atoms with Gasteiger partial charge in [0.1, 0.15) is 10.7 Å². The molecule has 0 unspecified atom stereocenters. The average Bonchev–Trinajstić information content (AvgIpc) is 3.16. The molecule has 1 amide bonds. The molecule has 3 rings (SSSR count). The predicted molar refractivity (Wildman–Crippen MR) is 103 cm³/mol. The molecule has 1 aromatic carbocycles. The summed E-state index contributed by atoms with van der Waals surface area (Å²) in [6.07, 6.45) is 1.55. The van der Waals surface area contributed by atoms with E-state index in [0.717, 1.165) is 13.0 Å². The van der Waals surface area contributed by atoms with Gasteiger partial charge in [-0.3, -0.25) is 4.79 Å². The summed E-state index contributed by atoms with van der Waals surface area (Å²) in [6, 6.07) is 7.92. The van der Waals surface area contributed by atoms with Gasteiger partial charge in [0, 0.05) is 30.2 Å². The third-order valence-electron chi connectivity index (χ3n) is 3.77. The van der Waals surface area contributed by atoms with Crippen molar-refractivity contribution < 1.29 is 13.2 Å². The fourth-order valence-electron chi connectivity index (χ4n) is 2.48. The fraction of sp³-hybridized carbons (Fsp3) is 0.250. The second kappa shape index (κ2) is 7.27. The molecule has 0 aliphatic carbocycles. The van der Waals surface area contributed by atoms with E-state index in [0.29, 0.717) is 27.3 Å². The molecule has 0 saturated carbocycles. The molecular weight excluding hydrogens is 426 g/mol.